The largest absolute Gasteiger partial charge is 0.279 e. The van der Waals surface area contributed by atoms with Crippen molar-refractivity contribution in [2.45, 2.75) is 44.9 Å². The van der Waals surface area contributed by atoms with Gasteiger partial charge in [-0.05, 0) is 60.4 Å². The molecule has 10 heteroatoms. The molecule has 1 aromatic heterocycles. The Kier molecular flexibility index (Phi) is 7.05. The van der Waals surface area contributed by atoms with E-state index in [1.807, 2.05) is 6.07 Å². The number of carbonyl (C=O) groups excluding carboxylic acids is 2. The molecule has 2 amide bonds. The Morgan fingerprint density at radius 2 is 1.78 bits per heavy atom. The maximum Gasteiger partial charge on any atom is 0.279 e. The molecule has 0 radical (unpaired) electrons. The summed E-state index contributed by atoms with van der Waals surface area (Å²) in [7, 11) is -0.938. The number of nitrogens with zero attached hydrogens (tertiary/aromatic N) is 1. The van der Waals surface area contributed by atoms with Crippen LogP contribution in [0.1, 0.15) is 57.7 Å². The molecule has 32 heavy (non-hydrogen) atoms. The van der Waals surface area contributed by atoms with E-state index in [0.717, 1.165) is 23.6 Å². The summed E-state index contributed by atoms with van der Waals surface area (Å²) in [6, 6.07) is 5.76. The molecular weight excluding hydrogens is 470 g/mol. The van der Waals surface area contributed by atoms with E-state index in [-0.39, 0.29) is 20.9 Å². The Bertz CT molecular complexity index is 1150. The summed E-state index contributed by atoms with van der Waals surface area (Å²) in [5, 5.41) is 0.0780. The van der Waals surface area contributed by atoms with Gasteiger partial charge in [-0.15, -0.1) is 11.3 Å². The first kappa shape index (κ1) is 24.7. The Balaban J connectivity index is 1.70. The predicted molar refractivity (Wildman–Crippen MR) is 127 cm³/mol. The van der Waals surface area contributed by atoms with Crippen LogP contribution in [-0.4, -0.2) is 38.6 Å². The molecule has 0 saturated carbocycles. The smallest absolute Gasteiger partial charge is 0.267 e. The number of thiophene rings is 1. The van der Waals surface area contributed by atoms with Gasteiger partial charge in [-0.1, -0.05) is 32.4 Å². The SMILES string of the molecule is CN(C)S(=O)(=O)c1ccc(Cl)c(C(=O)NNC(=O)c2cc3c(s2)CCC(C(C)(C)C)C3)c1. The standard InChI is InChI=1S/C22H28ClN3O4S2/c1-22(2,3)14-6-9-18-13(10-14)11-19(31-18)21(28)25-24-20(27)16-12-15(7-8-17(16)23)32(29,30)26(4)5/h7-8,11-12,14H,6,9-10H2,1-5H3,(H,24,27)(H,25,28). The minimum atomic E-state index is -3.73. The molecular formula is C22H28ClN3O4S2. The molecule has 174 valence electrons. The second-order valence-electron chi connectivity index (χ2n) is 9.20. The lowest BCUT2D eigenvalue weighted by Gasteiger charge is -2.33. The van der Waals surface area contributed by atoms with E-state index < -0.39 is 21.8 Å². The van der Waals surface area contributed by atoms with Gasteiger partial charge in [0, 0.05) is 19.0 Å². The van der Waals surface area contributed by atoms with Crippen molar-refractivity contribution in [1.29, 1.82) is 0 Å². The van der Waals surface area contributed by atoms with Crippen molar-refractivity contribution in [3.63, 3.8) is 0 Å². The maximum absolute atomic E-state index is 12.6. The van der Waals surface area contributed by atoms with Gasteiger partial charge in [-0.2, -0.15) is 0 Å². The van der Waals surface area contributed by atoms with Crippen molar-refractivity contribution < 1.29 is 18.0 Å². The van der Waals surface area contributed by atoms with Gasteiger partial charge in [0.05, 0.1) is 20.4 Å². The van der Waals surface area contributed by atoms with Gasteiger partial charge in [0.2, 0.25) is 10.0 Å². The lowest BCUT2D eigenvalue weighted by Crippen LogP contribution is -2.41. The van der Waals surface area contributed by atoms with E-state index in [9.17, 15) is 18.0 Å². The second-order valence-corrected chi connectivity index (χ2v) is 12.9. The Morgan fingerprint density at radius 1 is 1.12 bits per heavy atom. The minimum Gasteiger partial charge on any atom is -0.267 e. The van der Waals surface area contributed by atoms with Gasteiger partial charge in [0.25, 0.3) is 11.8 Å². The third-order valence-corrected chi connectivity index (χ3v) is 9.16. The van der Waals surface area contributed by atoms with Crippen LogP contribution in [0.5, 0.6) is 0 Å². The average Bonchev–Trinajstić information content (AvgIpc) is 3.14. The summed E-state index contributed by atoms with van der Waals surface area (Å²) >= 11 is 7.53. The molecule has 0 spiro atoms. The lowest BCUT2D eigenvalue weighted by atomic mass is 9.72. The number of amides is 2. The number of sulfonamides is 1. The summed E-state index contributed by atoms with van der Waals surface area (Å²) in [6.07, 6.45) is 2.99. The molecule has 0 aliphatic heterocycles. The zero-order valence-corrected chi connectivity index (χ0v) is 21.2. The van der Waals surface area contributed by atoms with Crippen molar-refractivity contribution in [2.24, 2.45) is 11.3 Å². The van der Waals surface area contributed by atoms with Gasteiger partial charge in [-0.3, -0.25) is 20.4 Å². The van der Waals surface area contributed by atoms with Crippen LogP contribution < -0.4 is 10.9 Å². The summed E-state index contributed by atoms with van der Waals surface area (Å²) in [5.41, 5.74) is 6.11. The molecule has 1 aromatic carbocycles. The van der Waals surface area contributed by atoms with Gasteiger partial charge >= 0.3 is 0 Å². The number of nitrogens with one attached hydrogen (secondary N) is 2. The highest BCUT2D eigenvalue weighted by Crippen LogP contribution is 2.40. The number of rotatable bonds is 4. The van der Waals surface area contributed by atoms with Gasteiger partial charge < -0.3 is 0 Å². The molecule has 3 rings (SSSR count). The normalized spacial score (nSPS) is 16.5. The Hall–Kier alpha value is -1.94. The van der Waals surface area contributed by atoms with Crippen molar-refractivity contribution in [1.82, 2.24) is 15.2 Å². The lowest BCUT2D eigenvalue weighted by molar-refractivity contribution is 0.0849. The number of benzene rings is 1. The minimum absolute atomic E-state index is 0.0478. The number of aryl methyl sites for hydroxylation is 1. The second kappa shape index (κ2) is 9.13. The number of hydrogen-bond acceptors (Lipinski definition) is 5. The fraction of sp³-hybridized carbons (Fsp3) is 0.455. The van der Waals surface area contributed by atoms with Crippen LogP contribution in [-0.2, 0) is 22.9 Å². The van der Waals surface area contributed by atoms with Crippen LogP contribution in [0.4, 0.5) is 0 Å². The molecule has 1 unspecified atom stereocenters. The first-order chi connectivity index (χ1) is 14.8. The molecule has 7 nitrogen and oxygen atoms in total. The molecule has 0 saturated heterocycles. The molecule has 1 heterocycles. The van der Waals surface area contributed by atoms with Crippen molar-refractivity contribution in [3.05, 3.63) is 50.2 Å². The molecule has 2 aromatic rings. The summed E-state index contributed by atoms with van der Waals surface area (Å²) < 4.78 is 25.7. The third-order valence-electron chi connectivity index (χ3n) is 5.78. The number of hydrazine groups is 1. The fourth-order valence-electron chi connectivity index (χ4n) is 3.67. The fourth-order valence-corrected chi connectivity index (χ4v) is 5.90. The van der Waals surface area contributed by atoms with E-state index >= 15 is 0 Å². The molecule has 0 bridgehead atoms. The van der Waals surface area contributed by atoms with Crippen molar-refractivity contribution >= 4 is 44.8 Å². The first-order valence-corrected chi connectivity index (χ1v) is 12.9. The van der Waals surface area contributed by atoms with Crippen LogP contribution >= 0.6 is 22.9 Å². The van der Waals surface area contributed by atoms with Crippen LogP contribution in [0, 0.1) is 11.3 Å². The Labute approximate surface area is 198 Å². The summed E-state index contributed by atoms with van der Waals surface area (Å²) in [5.74, 6) is -0.556. The van der Waals surface area contributed by atoms with Crippen LogP contribution in [0.25, 0.3) is 0 Å². The maximum atomic E-state index is 12.6. The van der Waals surface area contributed by atoms with Crippen LogP contribution in [0.15, 0.2) is 29.2 Å². The van der Waals surface area contributed by atoms with Gasteiger partial charge in [0.1, 0.15) is 0 Å². The molecule has 2 N–H and O–H groups in total. The van der Waals surface area contributed by atoms with E-state index in [1.165, 1.54) is 54.1 Å². The number of hydrogen-bond donors (Lipinski definition) is 2. The summed E-state index contributed by atoms with van der Waals surface area (Å²) in [6.45, 7) is 6.71. The number of fused-ring (bicyclic) bond motifs is 1. The monoisotopic (exact) mass is 497 g/mol. The van der Waals surface area contributed by atoms with E-state index in [1.54, 1.807) is 0 Å². The van der Waals surface area contributed by atoms with Crippen LogP contribution in [0.2, 0.25) is 5.02 Å². The topological polar surface area (TPSA) is 95.6 Å². The van der Waals surface area contributed by atoms with E-state index in [2.05, 4.69) is 31.6 Å². The molecule has 1 atom stereocenters. The zero-order valence-electron chi connectivity index (χ0n) is 18.8. The number of halogens is 1. The summed E-state index contributed by atoms with van der Waals surface area (Å²) in [4.78, 5) is 26.9. The molecule has 0 fully saturated rings. The Morgan fingerprint density at radius 3 is 2.41 bits per heavy atom. The average molecular weight is 498 g/mol. The van der Waals surface area contributed by atoms with Crippen molar-refractivity contribution in [2.75, 3.05) is 14.1 Å². The highest BCUT2D eigenvalue weighted by atomic mass is 35.5. The molecule has 1 aliphatic rings. The highest BCUT2D eigenvalue weighted by Gasteiger charge is 2.30. The van der Waals surface area contributed by atoms with Gasteiger partial charge in [0.15, 0.2) is 0 Å². The molecule has 1 aliphatic carbocycles. The quantitative estimate of drug-likeness (QED) is 0.626. The van der Waals surface area contributed by atoms with Crippen molar-refractivity contribution in [3.8, 4) is 0 Å². The first-order valence-electron chi connectivity index (χ1n) is 10.2. The zero-order chi connectivity index (χ0) is 23.8. The third kappa shape index (κ3) is 5.17. The predicted octanol–water partition coefficient (Wildman–Crippen LogP) is 3.88. The number of carbonyl (C=O) groups is 2. The van der Waals surface area contributed by atoms with E-state index in [4.69, 9.17) is 11.6 Å². The van der Waals surface area contributed by atoms with Gasteiger partial charge in [-0.25, -0.2) is 12.7 Å². The van der Waals surface area contributed by atoms with Crippen LogP contribution in [0.3, 0.4) is 0 Å². The highest BCUT2D eigenvalue weighted by molar-refractivity contribution is 7.89. The van der Waals surface area contributed by atoms with E-state index in [0.29, 0.717) is 10.8 Å².